The number of carbonyl (C=O) groups is 1. The predicted octanol–water partition coefficient (Wildman–Crippen LogP) is 0.291. The number of nitrogens with two attached hydrogens (primary N) is 1. The summed E-state index contributed by atoms with van der Waals surface area (Å²) in [6, 6.07) is 0. The Morgan fingerprint density at radius 1 is 1.67 bits per heavy atom. The number of rotatable bonds is 4. The highest BCUT2D eigenvalue weighted by Gasteiger charge is 2.39. The highest BCUT2D eigenvalue weighted by molar-refractivity contribution is 5.90. The first-order valence-corrected chi connectivity index (χ1v) is 5.34. The number of ketones is 1. The number of Topliss-reactive ketones (excluding diaryl/α,β-unsaturated/α-hetero) is 1. The summed E-state index contributed by atoms with van der Waals surface area (Å²) >= 11 is 0. The largest absolute Gasteiger partial charge is 0.319 e. The van der Waals surface area contributed by atoms with Crippen LogP contribution in [0.2, 0.25) is 0 Å². The summed E-state index contributed by atoms with van der Waals surface area (Å²) < 4.78 is 1.74. The lowest BCUT2D eigenvalue weighted by molar-refractivity contribution is -0.126. The van der Waals surface area contributed by atoms with Gasteiger partial charge in [0.2, 0.25) is 0 Å². The summed E-state index contributed by atoms with van der Waals surface area (Å²) in [5, 5.41) is 4.03. The monoisotopic (exact) mass is 208 g/mol. The number of hydrogen-bond donors (Lipinski definition) is 1. The van der Waals surface area contributed by atoms with E-state index in [0.29, 0.717) is 6.42 Å². The van der Waals surface area contributed by atoms with Crippen molar-refractivity contribution >= 4 is 5.78 Å². The fraction of sp³-hybridized carbons (Fsp3) is 0.700. The molecule has 0 spiro atoms. The van der Waals surface area contributed by atoms with Crippen molar-refractivity contribution in [3.63, 3.8) is 0 Å². The Balaban J connectivity index is 2.05. The average Bonchev–Trinajstić information content (AvgIpc) is 2.61. The van der Waals surface area contributed by atoms with Crippen LogP contribution in [0.4, 0.5) is 0 Å². The molecule has 1 aromatic rings. The minimum Gasteiger partial charge on any atom is -0.319 e. The predicted molar refractivity (Wildman–Crippen MR) is 55.2 cm³/mol. The normalized spacial score (nSPS) is 18.5. The molecule has 2 rings (SSSR count). The number of hydrogen-bond acceptors (Lipinski definition) is 4. The molecule has 0 saturated heterocycles. The number of aryl methyl sites for hydroxylation is 1. The lowest BCUT2D eigenvalue weighted by Crippen LogP contribution is -2.54. The first-order valence-electron chi connectivity index (χ1n) is 5.34. The summed E-state index contributed by atoms with van der Waals surface area (Å²) in [5.74, 6) is 0.815. The fourth-order valence-electron chi connectivity index (χ4n) is 1.85. The van der Waals surface area contributed by atoms with Gasteiger partial charge in [-0.3, -0.25) is 4.79 Å². The molecular weight excluding hydrogens is 192 g/mol. The molecule has 15 heavy (non-hydrogen) atoms. The van der Waals surface area contributed by atoms with Gasteiger partial charge in [0.05, 0.1) is 12.0 Å². The highest BCUT2D eigenvalue weighted by atomic mass is 16.1. The maximum Gasteiger partial charge on any atom is 0.160 e. The minimum atomic E-state index is -0.579. The molecule has 1 fully saturated rings. The van der Waals surface area contributed by atoms with E-state index < -0.39 is 5.54 Å². The van der Waals surface area contributed by atoms with Crippen molar-refractivity contribution in [2.45, 2.75) is 44.7 Å². The summed E-state index contributed by atoms with van der Waals surface area (Å²) in [5.41, 5.74) is 5.37. The molecule has 0 amide bonds. The molecule has 0 radical (unpaired) electrons. The molecule has 1 aromatic heterocycles. The van der Waals surface area contributed by atoms with Gasteiger partial charge in [0, 0.05) is 6.54 Å². The third kappa shape index (κ3) is 1.79. The number of nitrogens with zero attached hydrogens (tertiary/aromatic N) is 3. The van der Waals surface area contributed by atoms with Crippen LogP contribution in [0.5, 0.6) is 0 Å². The molecule has 1 heterocycles. The van der Waals surface area contributed by atoms with Gasteiger partial charge in [-0.05, 0) is 26.2 Å². The second-order valence-electron chi connectivity index (χ2n) is 4.10. The van der Waals surface area contributed by atoms with E-state index in [1.54, 1.807) is 4.68 Å². The summed E-state index contributed by atoms with van der Waals surface area (Å²) in [6.45, 7) is 2.71. The quantitative estimate of drug-likeness (QED) is 0.771. The van der Waals surface area contributed by atoms with Gasteiger partial charge < -0.3 is 5.73 Å². The first kappa shape index (κ1) is 10.3. The molecule has 1 saturated carbocycles. The van der Waals surface area contributed by atoms with Crippen LogP contribution in [0.1, 0.15) is 32.0 Å². The molecule has 5 heteroatoms. The second-order valence-corrected chi connectivity index (χ2v) is 4.10. The Morgan fingerprint density at radius 2 is 2.40 bits per heavy atom. The Kier molecular flexibility index (Phi) is 2.56. The lowest BCUT2D eigenvalue weighted by atomic mass is 9.74. The SMILES string of the molecule is CCn1ncnc1CC(=O)C1(N)CCC1. The second kappa shape index (κ2) is 3.73. The molecule has 82 valence electrons. The van der Waals surface area contributed by atoms with Crippen LogP contribution in [0.25, 0.3) is 0 Å². The van der Waals surface area contributed by atoms with E-state index in [4.69, 9.17) is 5.73 Å². The van der Waals surface area contributed by atoms with Crippen molar-refractivity contribution in [2.24, 2.45) is 5.73 Å². The molecule has 1 aliphatic rings. The number of aromatic nitrogens is 3. The zero-order chi connectivity index (χ0) is 10.9. The molecule has 0 aliphatic heterocycles. The van der Waals surface area contributed by atoms with Crippen LogP contribution >= 0.6 is 0 Å². The van der Waals surface area contributed by atoms with Crippen molar-refractivity contribution in [3.05, 3.63) is 12.2 Å². The van der Waals surface area contributed by atoms with Crippen LogP contribution in [0.15, 0.2) is 6.33 Å². The van der Waals surface area contributed by atoms with Crippen LogP contribution in [0, 0.1) is 0 Å². The standard InChI is InChI=1S/C10H16N4O/c1-2-14-9(12-7-13-14)6-8(15)10(11)4-3-5-10/h7H,2-6,11H2,1H3. The molecule has 0 atom stereocenters. The Morgan fingerprint density at radius 3 is 2.93 bits per heavy atom. The van der Waals surface area contributed by atoms with Crippen molar-refractivity contribution in [1.82, 2.24) is 14.8 Å². The van der Waals surface area contributed by atoms with E-state index in [1.165, 1.54) is 6.33 Å². The summed E-state index contributed by atoms with van der Waals surface area (Å²) in [6.07, 6.45) is 4.47. The van der Waals surface area contributed by atoms with Gasteiger partial charge in [-0.15, -0.1) is 0 Å². The maximum atomic E-state index is 11.9. The topological polar surface area (TPSA) is 73.8 Å². The first-order chi connectivity index (χ1) is 7.15. The van der Waals surface area contributed by atoms with E-state index in [0.717, 1.165) is 31.6 Å². The minimum absolute atomic E-state index is 0.0939. The van der Waals surface area contributed by atoms with Gasteiger partial charge in [-0.2, -0.15) is 5.10 Å². The van der Waals surface area contributed by atoms with Gasteiger partial charge in [0.1, 0.15) is 12.2 Å². The highest BCUT2D eigenvalue weighted by Crippen LogP contribution is 2.30. The smallest absolute Gasteiger partial charge is 0.160 e. The molecule has 2 N–H and O–H groups in total. The Hall–Kier alpha value is -1.23. The van der Waals surface area contributed by atoms with Gasteiger partial charge >= 0.3 is 0 Å². The maximum absolute atomic E-state index is 11.9. The van der Waals surface area contributed by atoms with Crippen LogP contribution in [-0.4, -0.2) is 26.1 Å². The molecular formula is C10H16N4O. The van der Waals surface area contributed by atoms with E-state index in [1.807, 2.05) is 6.92 Å². The van der Waals surface area contributed by atoms with Crippen molar-refractivity contribution in [1.29, 1.82) is 0 Å². The molecule has 0 unspecified atom stereocenters. The zero-order valence-corrected chi connectivity index (χ0v) is 8.94. The average molecular weight is 208 g/mol. The van der Waals surface area contributed by atoms with E-state index in [2.05, 4.69) is 10.1 Å². The molecule has 5 nitrogen and oxygen atoms in total. The Bertz CT molecular complexity index is 367. The van der Waals surface area contributed by atoms with Gasteiger partial charge in [0.25, 0.3) is 0 Å². The van der Waals surface area contributed by atoms with Gasteiger partial charge in [-0.25, -0.2) is 9.67 Å². The fourth-order valence-corrected chi connectivity index (χ4v) is 1.85. The van der Waals surface area contributed by atoms with Crippen LogP contribution in [-0.2, 0) is 17.8 Å². The lowest BCUT2D eigenvalue weighted by Gasteiger charge is -2.36. The number of carbonyl (C=O) groups excluding carboxylic acids is 1. The van der Waals surface area contributed by atoms with E-state index >= 15 is 0 Å². The third-order valence-electron chi connectivity index (χ3n) is 3.12. The van der Waals surface area contributed by atoms with Gasteiger partial charge in [-0.1, -0.05) is 0 Å². The third-order valence-corrected chi connectivity index (χ3v) is 3.12. The summed E-state index contributed by atoms with van der Waals surface area (Å²) in [4.78, 5) is 16.0. The van der Waals surface area contributed by atoms with Crippen LogP contribution in [0.3, 0.4) is 0 Å². The zero-order valence-electron chi connectivity index (χ0n) is 8.94. The van der Waals surface area contributed by atoms with Gasteiger partial charge in [0.15, 0.2) is 5.78 Å². The Labute approximate surface area is 88.7 Å². The van der Waals surface area contributed by atoms with E-state index in [-0.39, 0.29) is 5.78 Å². The van der Waals surface area contributed by atoms with Crippen molar-refractivity contribution < 1.29 is 4.79 Å². The van der Waals surface area contributed by atoms with Crippen molar-refractivity contribution in [3.8, 4) is 0 Å². The molecule has 0 bridgehead atoms. The summed E-state index contributed by atoms with van der Waals surface area (Å²) in [7, 11) is 0. The molecule has 1 aliphatic carbocycles. The van der Waals surface area contributed by atoms with Crippen molar-refractivity contribution in [2.75, 3.05) is 0 Å². The van der Waals surface area contributed by atoms with E-state index in [9.17, 15) is 4.79 Å². The van der Waals surface area contributed by atoms with Crippen LogP contribution < -0.4 is 5.73 Å². The molecule has 0 aromatic carbocycles.